The SMILES string of the molecule is CC1(O)CC(N=C=O)(C2CC2)C1. The Hall–Kier alpha value is -0.660. The molecule has 2 rings (SSSR count). The van der Waals surface area contributed by atoms with Gasteiger partial charge in [-0.05, 0) is 25.7 Å². The molecule has 0 aromatic carbocycles. The fourth-order valence-electron chi connectivity index (χ4n) is 2.44. The van der Waals surface area contributed by atoms with Crippen molar-refractivity contribution in [3.05, 3.63) is 0 Å². The Bertz CT molecular complexity index is 241. The van der Waals surface area contributed by atoms with Crippen LogP contribution in [0.1, 0.15) is 32.6 Å². The summed E-state index contributed by atoms with van der Waals surface area (Å²) in [5.41, 5.74) is -0.825. The Morgan fingerprint density at radius 2 is 2.08 bits per heavy atom. The Kier molecular flexibility index (Phi) is 1.45. The van der Waals surface area contributed by atoms with Gasteiger partial charge in [0.2, 0.25) is 6.08 Å². The van der Waals surface area contributed by atoms with Crippen molar-refractivity contribution in [1.82, 2.24) is 0 Å². The molecule has 0 amide bonds. The molecule has 0 unspecified atom stereocenters. The first-order chi connectivity index (χ1) is 5.58. The molecule has 1 N–H and O–H groups in total. The summed E-state index contributed by atoms with van der Waals surface area (Å²) >= 11 is 0. The van der Waals surface area contributed by atoms with Crippen LogP contribution in [0.15, 0.2) is 4.99 Å². The van der Waals surface area contributed by atoms with Crippen molar-refractivity contribution in [2.75, 3.05) is 0 Å². The van der Waals surface area contributed by atoms with Gasteiger partial charge in [0.25, 0.3) is 0 Å². The number of aliphatic hydroxyl groups is 1. The summed E-state index contributed by atoms with van der Waals surface area (Å²) in [4.78, 5) is 14.0. The number of hydrogen-bond donors (Lipinski definition) is 1. The summed E-state index contributed by atoms with van der Waals surface area (Å²) in [5.74, 6) is 0.541. The number of nitrogens with zero attached hydrogens (tertiary/aromatic N) is 1. The van der Waals surface area contributed by atoms with Gasteiger partial charge >= 0.3 is 0 Å². The lowest BCUT2D eigenvalue weighted by Gasteiger charge is -2.48. The van der Waals surface area contributed by atoms with E-state index in [4.69, 9.17) is 0 Å². The molecule has 0 atom stereocenters. The smallest absolute Gasteiger partial charge is 0.235 e. The predicted octanol–water partition coefficient (Wildman–Crippen LogP) is 1.02. The average Bonchev–Trinajstić information content (AvgIpc) is 2.63. The Morgan fingerprint density at radius 1 is 1.50 bits per heavy atom. The number of rotatable bonds is 2. The maximum Gasteiger partial charge on any atom is 0.235 e. The van der Waals surface area contributed by atoms with E-state index in [0.717, 1.165) is 12.8 Å². The zero-order valence-electron chi connectivity index (χ0n) is 7.21. The highest BCUT2D eigenvalue weighted by Gasteiger charge is 2.58. The van der Waals surface area contributed by atoms with Crippen LogP contribution < -0.4 is 0 Å². The van der Waals surface area contributed by atoms with Crippen molar-refractivity contribution in [2.24, 2.45) is 10.9 Å². The first kappa shape index (κ1) is 7.96. The molecule has 0 spiro atoms. The molecule has 2 aliphatic rings. The van der Waals surface area contributed by atoms with Crippen molar-refractivity contribution in [3.8, 4) is 0 Å². The lowest BCUT2D eigenvalue weighted by molar-refractivity contribution is -0.0778. The van der Waals surface area contributed by atoms with E-state index in [1.54, 1.807) is 13.0 Å². The van der Waals surface area contributed by atoms with E-state index in [9.17, 15) is 9.90 Å². The third-order valence-electron chi connectivity index (χ3n) is 2.98. The van der Waals surface area contributed by atoms with E-state index in [2.05, 4.69) is 4.99 Å². The van der Waals surface area contributed by atoms with Gasteiger partial charge in [0, 0.05) is 12.8 Å². The summed E-state index contributed by atoms with van der Waals surface area (Å²) in [6.45, 7) is 1.80. The monoisotopic (exact) mass is 167 g/mol. The quantitative estimate of drug-likeness (QED) is 0.493. The summed E-state index contributed by atoms with van der Waals surface area (Å²) in [6, 6.07) is 0. The molecule has 0 saturated heterocycles. The molecule has 2 fully saturated rings. The first-order valence-corrected chi connectivity index (χ1v) is 4.39. The molecule has 66 valence electrons. The van der Waals surface area contributed by atoms with E-state index >= 15 is 0 Å². The van der Waals surface area contributed by atoms with Gasteiger partial charge in [-0.25, -0.2) is 4.79 Å². The molecular weight excluding hydrogens is 154 g/mol. The molecule has 2 saturated carbocycles. The van der Waals surface area contributed by atoms with Gasteiger partial charge in [-0.3, -0.25) is 0 Å². The minimum absolute atomic E-state index is 0.231. The predicted molar refractivity (Wildman–Crippen MR) is 43.4 cm³/mol. The van der Waals surface area contributed by atoms with E-state index in [-0.39, 0.29) is 5.54 Å². The van der Waals surface area contributed by atoms with Crippen molar-refractivity contribution < 1.29 is 9.90 Å². The van der Waals surface area contributed by atoms with Crippen LogP contribution in [-0.4, -0.2) is 22.3 Å². The van der Waals surface area contributed by atoms with Gasteiger partial charge in [0.15, 0.2) is 0 Å². The van der Waals surface area contributed by atoms with E-state index in [0.29, 0.717) is 18.8 Å². The largest absolute Gasteiger partial charge is 0.390 e. The van der Waals surface area contributed by atoms with Crippen LogP contribution in [0.25, 0.3) is 0 Å². The van der Waals surface area contributed by atoms with Crippen LogP contribution >= 0.6 is 0 Å². The highest BCUT2D eigenvalue weighted by atomic mass is 16.3. The number of aliphatic imine (C=N–C) groups is 1. The lowest BCUT2D eigenvalue weighted by Crippen LogP contribution is -2.55. The molecule has 3 nitrogen and oxygen atoms in total. The second kappa shape index (κ2) is 2.18. The van der Waals surface area contributed by atoms with Crippen LogP contribution in [0.3, 0.4) is 0 Å². The van der Waals surface area contributed by atoms with Crippen molar-refractivity contribution >= 4 is 6.08 Å². The third-order valence-corrected chi connectivity index (χ3v) is 2.98. The Morgan fingerprint density at radius 3 is 2.42 bits per heavy atom. The van der Waals surface area contributed by atoms with E-state index < -0.39 is 5.60 Å². The van der Waals surface area contributed by atoms with Crippen LogP contribution in [0, 0.1) is 5.92 Å². The Balaban J connectivity index is 2.12. The minimum atomic E-state index is -0.594. The summed E-state index contributed by atoms with van der Waals surface area (Å²) in [7, 11) is 0. The molecule has 0 aliphatic heterocycles. The normalized spacial score (nSPS) is 46.2. The summed E-state index contributed by atoms with van der Waals surface area (Å²) in [5, 5.41) is 9.56. The Labute approximate surface area is 71.5 Å². The lowest BCUT2D eigenvalue weighted by atomic mass is 9.63. The van der Waals surface area contributed by atoms with Crippen LogP contribution in [0.4, 0.5) is 0 Å². The number of isocyanates is 1. The highest BCUT2D eigenvalue weighted by Crippen LogP contribution is 2.56. The molecule has 12 heavy (non-hydrogen) atoms. The van der Waals surface area contributed by atoms with Gasteiger partial charge in [0.05, 0.1) is 11.1 Å². The molecule has 2 aliphatic carbocycles. The summed E-state index contributed by atoms with van der Waals surface area (Å²) in [6.07, 6.45) is 5.22. The molecule has 0 aromatic rings. The van der Waals surface area contributed by atoms with Crippen LogP contribution in [-0.2, 0) is 4.79 Å². The number of hydrogen-bond acceptors (Lipinski definition) is 3. The number of carbonyl (C=O) groups excluding carboxylic acids is 1. The molecule has 0 bridgehead atoms. The molecule has 0 heterocycles. The van der Waals surface area contributed by atoms with E-state index in [1.807, 2.05) is 0 Å². The molecule has 3 heteroatoms. The van der Waals surface area contributed by atoms with Crippen molar-refractivity contribution in [3.63, 3.8) is 0 Å². The maximum absolute atomic E-state index is 10.2. The average molecular weight is 167 g/mol. The standard InChI is InChI=1S/C9H13NO2/c1-8(12)4-9(5-8,10-6-11)7-2-3-7/h7,12H,2-5H2,1H3. The van der Waals surface area contributed by atoms with Crippen LogP contribution in [0.5, 0.6) is 0 Å². The molecule has 0 aromatic heterocycles. The van der Waals surface area contributed by atoms with Gasteiger partial charge in [-0.15, -0.1) is 0 Å². The minimum Gasteiger partial charge on any atom is -0.390 e. The topological polar surface area (TPSA) is 49.7 Å². The van der Waals surface area contributed by atoms with E-state index in [1.165, 1.54) is 0 Å². The maximum atomic E-state index is 10.2. The first-order valence-electron chi connectivity index (χ1n) is 4.39. The van der Waals surface area contributed by atoms with Gasteiger partial charge in [-0.2, -0.15) is 4.99 Å². The van der Waals surface area contributed by atoms with Crippen molar-refractivity contribution in [2.45, 2.75) is 43.7 Å². The third kappa shape index (κ3) is 1.10. The molecule has 0 radical (unpaired) electrons. The second-order valence-corrected chi connectivity index (χ2v) is 4.43. The van der Waals surface area contributed by atoms with Gasteiger partial charge in [0.1, 0.15) is 0 Å². The fourth-order valence-corrected chi connectivity index (χ4v) is 2.44. The second-order valence-electron chi connectivity index (χ2n) is 4.43. The summed E-state index contributed by atoms with van der Waals surface area (Å²) < 4.78 is 0. The van der Waals surface area contributed by atoms with Gasteiger partial charge in [-0.1, -0.05) is 0 Å². The van der Waals surface area contributed by atoms with Crippen LogP contribution in [0.2, 0.25) is 0 Å². The molecular formula is C9H13NO2. The van der Waals surface area contributed by atoms with Crippen molar-refractivity contribution in [1.29, 1.82) is 0 Å². The highest BCUT2D eigenvalue weighted by molar-refractivity contribution is 5.37. The fraction of sp³-hybridized carbons (Fsp3) is 0.889. The zero-order valence-corrected chi connectivity index (χ0v) is 7.21. The zero-order chi connectivity index (χ0) is 8.82. The van der Waals surface area contributed by atoms with Gasteiger partial charge < -0.3 is 5.11 Å².